The van der Waals surface area contributed by atoms with E-state index in [-0.39, 0.29) is 18.9 Å². The summed E-state index contributed by atoms with van der Waals surface area (Å²) in [7, 11) is 0. The van der Waals surface area contributed by atoms with E-state index >= 15 is 0 Å². The molecule has 14 heavy (non-hydrogen) atoms. The van der Waals surface area contributed by atoms with Gasteiger partial charge >= 0.3 is 0 Å². The second-order valence-electron chi connectivity index (χ2n) is 2.77. The molecule has 1 heterocycles. The number of carbonyl (C=O) groups is 1. The molecule has 0 atom stereocenters. The van der Waals surface area contributed by atoms with Crippen LogP contribution >= 0.6 is 0 Å². The van der Waals surface area contributed by atoms with E-state index in [1.807, 2.05) is 0 Å². The molecule has 0 aliphatic heterocycles. The van der Waals surface area contributed by atoms with Gasteiger partial charge in [0.05, 0.1) is 18.1 Å². The lowest BCUT2D eigenvalue weighted by molar-refractivity contribution is -0.116. The second-order valence-corrected chi connectivity index (χ2v) is 2.77. The first-order valence-corrected chi connectivity index (χ1v) is 4.23. The summed E-state index contributed by atoms with van der Waals surface area (Å²) < 4.78 is 12.6. The third kappa shape index (κ3) is 3.49. The molecule has 5 heteroatoms. The molecule has 1 aromatic rings. The third-order valence-corrected chi connectivity index (χ3v) is 1.55. The average molecular weight is 198 g/mol. The Labute approximate surface area is 80.8 Å². The fourth-order valence-corrected chi connectivity index (χ4v) is 0.943. The Morgan fingerprint density at radius 1 is 1.57 bits per heavy atom. The molecular formula is C9H11FN2O2. The van der Waals surface area contributed by atoms with Crippen molar-refractivity contribution in [3.8, 4) is 0 Å². The molecule has 1 rings (SSSR count). The summed E-state index contributed by atoms with van der Waals surface area (Å²) in [4.78, 5) is 14.7. The van der Waals surface area contributed by atoms with Crippen LogP contribution in [0.4, 0.5) is 10.1 Å². The van der Waals surface area contributed by atoms with Crippen LogP contribution < -0.4 is 5.32 Å². The zero-order chi connectivity index (χ0) is 10.4. The number of carbonyl (C=O) groups excluding carboxylic acids is 1. The van der Waals surface area contributed by atoms with Gasteiger partial charge in [-0.3, -0.25) is 9.78 Å². The average Bonchev–Trinajstić information content (AvgIpc) is 2.15. The van der Waals surface area contributed by atoms with E-state index in [2.05, 4.69) is 10.3 Å². The minimum Gasteiger partial charge on any atom is -0.396 e. The molecule has 0 aromatic carbocycles. The molecular weight excluding hydrogens is 187 g/mol. The molecule has 0 saturated heterocycles. The highest BCUT2D eigenvalue weighted by Gasteiger charge is 2.02. The van der Waals surface area contributed by atoms with Gasteiger partial charge in [-0.25, -0.2) is 4.39 Å². The molecule has 1 aromatic heterocycles. The summed E-state index contributed by atoms with van der Waals surface area (Å²) in [5, 5.41) is 10.9. The van der Waals surface area contributed by atoms with Gasteiger partial charge in [0.1, 0.15) is 5.82 Å². The van der Waals surface area contributed by atoms with Crippen molar-refractivity contribution in [2.45, 2.75) is 12.8 Å². The number of hydrogen-bond donors (Lipinski definition) is 2. The molecule has 0 aliphatic rings. The van der Waals surface area contributed by atoms with E-state index in [4.69, 9.17) is 5.11 Å². The number of aliphatic hydroxyl groups is 1. The smallest absolute Gasteiger partial charge is 0.224 e. The van der Waals surface area contributed by atoms with Gasteiger partial charge in [-0.2, -0.15) is 0 Å². The topological polar surface area (TPSA) is 62.2 Å². The summed E-state index contributed by atoms with van der Waals surface area (Å²) in [5.41, 5.74) is 0.327. The van der Waals surface area contributed by atoms with Crippen LogP contribution in [0.5, 0.6) is 0 Å². The number of nitrogens with zero attached hydrogens (tertiary/aromatic N) is 1. The van der Waals surface area contributed by atoms with Crippen LogP contribution in [0.1, 0.15) is 12.8 Å². The lowest BCUT2D eigenvalue weighted by Gasteiger charge is -2.03. The van der Waals surface area contributed by atoms with Crippen LogP contribution in [0.25, 0.3) is 0 Å². The van der Waals surface area contributed by atoms with E-state index in [0.29, 0.717) is 12.1 Å². The van der Waals surface area contributed by atoms with Crippen molar-refractivity contribution < 1.29 is 14.3 Å². The predicted octanol–water partition coefficient (Wildman–Crippen LogP) is 0.932. The summed E-state index contributed by atoms with van der Waals surface area (Å²) in [6.45, 7) is -0.0329. The SMILES string of the molecule is O=C(CCCO)Nc1cncc(F)c1. The van der Waals surface area contributed by atoms with Crippen molar-refractivity contribution >= 4 is 11.6 Å². The number of hydrogen-bond acceptors (Lipinski definition) is 3. The molecule has 0 aliphatic carbocycles. The summed E-state index contributed by atoms with van der Waals surface area (Å²) in [6, 6.07) is 1.18. The minimum atomic E-state index is -0.495. The van der Waals surface area contributed by atoms with Crippen molar-refractivity contribution in [2.24, 2.45) is 0 Å². The zero-order valence-corrected chi connectivity index (χ0v) is 7.53. The third-order valence-electron chi connectivity index (χ3n) is 1.55. The number of aromatic nitrogens is 1. The fourth-order valence-electron chi connectivity index (χ4n) is 0.943. The highest BCUT2D eigenvalue weighted by atomic mass is 19.1. The number of pyridine rings is 1. The van der Waals surface area contributed by atoms with Crippen LogP contribution in [0, 0.1) is 5.82 Å². The number of aliphatic hydroxyl groups excluding tert-OH is 1. The second kappa shape index (κ2) is 5.29. The lowest BCUT2D eigenvalue weighted by Crippen LogP contribution is -2.12. The van der Waals surface area contributed by atoms with Crippen molar-refractivity contribution in [3.63, 3.8) is 0 Å². The van der Waals surface area contributed by atoms with Crippen LogP contribution in [-0.4, -0.2) is 22.6 Å². The highest BCUT2D eigenvalue weighted by Crippen LogP contribution is 2.07. The Hall–Kier alpha value is -1.49. The number of rotatable bonds is 4. The first-order valence-electron chi connectivity index (χ1n) is 4.23. The van der Waals surface area contributed by atoms with E-state index < -0.39 is 5.82 Å². The standard InChI is InChI=1S/C9H11FN2O2/c10-7-4-8(6-11-5-7)12-9(14)2-1-3-13/h4-6,13H,1-3H2,(H,12,14). The highest BCUT2D eigenvalue weighted by molar-refractivity contribution is 5.90. The maximum atomic E-state index is 12.6. The summed E-state index contributed by atoms with van der Waals surface area (Å²) >= 11 is 0. The van der Waals surface area contributed by atoms with Crippen molar-refractivity contribution in [1.82, 2.24) is 4.98 Å². The first kappa shape index (κ1) is 10.6. The van der Waals surface area contributed by atoms with Gasteiger partial charge in [0.25, 0.3) is 0 Å². The largest absolute Gasteiger partial charge is 0.396 e. The molecule has 0 saturated carbocycles. The van der Waals surface area contributed by atoms with Gasteiger partial charge in [-0.15, -0.1) is 0 Å². The fraction of sp³-hybridized carbons (Fsp3) is 0.333. The molecule has 4 nitrogen and oxygen atoms in total. The van der Waals surface area contributed by atoms with Gasteiger partial charge in [0.15, 0.2) is 0 Å². The number of amides is 1. The number of nitrogens with one attached hydrogen (secondary N) is 1. The van der Waals surface area contributed by atoms with Gasteiger partial charge < -0.3 is 10.4 Å². The van der Waals surface area contributed by atoms with Crippen LogP contribution in [0.2, 0.25) is 0 Å². The zero-order valence-electron chi connectivity index (χ0n) is 7.53. The van der Waals surface area contributed by atoms with Gasteiger partial charge in [-0.05, 0) is 6.42 Å². The normalized spacial score (nSPS) is 9.86. The lowest BCUT2D eigenvalue weighted by atomic mass is 10.3. The van der Waals surface area contributed by atoms with E-state index in [9.17, 15) is 9.18 Å². The molecule has 0 bridgehead atoms. The van der Waals surface area contributed by atoms with Crippen LogP contribution in [0.3, 0.4) is 0 Å². The number of halogens is 1. The van der Waals surface area contributed by atoms with Crippen LogP contribution in [-0.2, 0) is 4.79 Å². The monoisotopic (exact) mass is 198 g/mol. The maximum absolute atomic E-state index is 12.6. The Balaban J connectivity index is 2.47. The quantitative estimate of drug-likeness (QED) is 0.756. The molecule has 0 radical (unpaired) electrons. The number of anilines is 1. The Morgan fingerprint density at radius 3 is 3.00 bits per heavy atom. The molecule has 2 N–H and O–H groups in total. The van der Waals surface area contributed by atoms with Gasteiger partial charge in [0, 0.05) is 19.1 Å². The minimum absolute atomic E-state index is 0.0329. The Bertz CT molecular complexity index is 317. The molecule has 0 fully saturated rings. The maximum Gasteiger partial charge on any atom is 0.224 e. The van der Waals surface area contributed by atoms with Gasteiger partial charge in [-0.1, -0.05) is 0 Å². The van der Waals surface area contributed by atoms with Crippen LogP contribution in [0.15, 0.2) is 18.5 Å². The molecule has 76 valence electrons. The molecule has 0 spiro atoms. The van der Waals surface area contributed by atoms with E-state index in [0.717, 1.165) is 6.20 Å². The van der Waals surface area contributed by atoms with Crippen molar-refractivity contribution in [1.29, 1.82) is 0 Å². The predicted molar refractivity (Wildman–Crippen MR) is 49.1 cm³/mol. The summed E-state index contributed by atoms with van der Waals surface area (Å²) in [6.07, 6.45) is 3.03. The van der Waals surface area contributed by atoms with E-state index in [1.165, 1.54) is 12.3 Å². The van der Waals surface area contributed by atoms with E-state index in [1.54, 1.807) is 0 Å². The molecule has 1 amide bonds. The Kier molecular flexibility index (Phi) is 4.00. The van der Waals surface area contributed by atoms with Crippen molar-refractivity contribution in [2.75, 3.05) is 11.9 Å². The Morgan fingerprint density at radius 2 is 2.36 bits per heavy atom. The summed E-state index contributed by atoms with van der Waals surface area (Å²) in [5.74, 6) is -0.753. The van der Waals surface area contributed by atoms with Crippen molar-refractivity contribution in [3.05, 3.63) is 24.3 Å². The first-order chi connectivity index (χ1) is 6.72. The van der Waals surface area contributed by atoms with Gasteiger partial charge in [0.2, 0.25) is 5.91 Å². The molecule has 0 unspecified atom stereocenters.